The Morgan fingerprint density at radius 1 is 1.40 bits per heavy atom. The second kappa shape index (κ2) is 5.54. The normalized spacial score (nSPS) is 20.2. The van der Waals surface area contributed by atoms with E-state index in [-0.39, 0.29) is 11.3 Å². The molecule has 0 spiro atoms. The summed E-state index contributed by atoms with van der Waals surface area (Å²) in [5, 5.41) is 8.90. The molecule has 0 aromatic heterocycles. The number of sulfonamides is 1. The molecule has 1 aromatic carbocycles. The largest absolute Gasteiger partial charge is 0.481 e. The molecular formula is C14H19NO4S. The molecule has 1 fully saturated rings. The fraction of sp³-hybridized carbons (Fsp3) is 0.500. The third-order valence-electron chi connectivity index (χ3n) is 3.65. The number of carboxylic acid groups (broad SMARTS) is 1. The highest BCUT2D eigenvalue weighted by Gasteiger charge is 2.36. The molecule has 1 atom stereocenters. The molecule has 1 saturated heterocycles. The van der Waals surface area contributed by atoms with Crippen molar-refractivity contribution in [2.75, 3.05) is 6.54 Å². The quantitative estimate of drug-likeness (QED) is 0.921. The fourth-order valence-corrected chi connectivity index (χ4v) is 4.65. The SMILES string of the molecule is Cc1ccc(S(=O)(=O)N2CCCC2CC(=O)O)c(C)c1. The van der Waals surface area contributed by atoms with Crippen LogP contribution in [0, 0.1) is 13.8 Å². The summed E-state index contributed by atoms with van der Waals surface area (Å²) in [5.74, 6) is -0.960. The van der Waals surface area contributed by atoms with Gasteiger partial charge in [0.25, 0.3) is 0 Å². The summed E-state index contributed by atoms with van der Waals surface area (Å²) < 4.78 is 26.7. The lowest BCUT2D eigenvalue weighted by Crippen LogP contribution is -2.37. The second-order valence-electron chi connectivity index (χ2n) is 5.28. The van der Waals surface area contributed by atoms with E-state index in [0.717, 1.165) is 5.56 Å². The van der Waals surface area contributed by atoms with Crippen molar-refractivity contribution in [3.8, 4) is 0 Å². The van der Waals surface area contributed by atoms with Crippen LogP contribution < -0.4 is 0 Å². The van der Waals surface area contributed by atoms with Crippen LogP contribution in [0.15, 0.2) is 23.1 Å². The van der Waals surface area contributed by atoms with Crippen molar-refractivity contribution in [2.24, 2.45) is 0 Å². The van der Waals surface area contributed by atoms with Gasteiger partial charge in [-0.15, -0.1) is 0 Å². The standard InChI is InChI=1S/C14H19NO4S/c1-10-5-6-13(11(2)8-10)20(18,19)15-7-3-4-12(15)9-14(16)17/h5-6,8,12H,3-4,7,9H2,1-2H3,(H,16,17). The molecule has 1 heterocycles. The van der Waals surface area contributed by atoms with Gasteiger partial charge in [-0.3, -0.25) is 4.79 Å². The minimum Gasteiger partial charge on any atom is -0.481 e. The van der Waals surface area contributed by atoms with Crippen molar-refractivity contribution < 1.29 is 18.3 Å². The van der Waals surface area contributed by atoms with Crippen LogP contribution in [-0.2, 0) is 14.8 Å². The Morgan fingerprint density at radius 2 is 2.10 bits per heavy atom. The van der Waals surface area contributed by atoms with Gasteiger partial charge in [0.15, 0.2) is 0 Å². The Balaban J connectivity index is 2.36. The summed E-state index contributed by atoms with van der Waals surface area (Å²) in [6.07, 6.45) is 1.18. The maximum Gasteiger partial charge on any atom is 0.304 e. The van der Waals surface area contributed by atoms with Crippen LogP contribution in [0.25, 0.3) is 0 Å². The van der Waals surface area contributed by atoms with Gasteiger partial charge in [0.1, 0.15) is 0 Å². The molecule has 1 aromatic rings. The van der Waals surface area contributed by atoms with E-state index in [4.69, 9.17) is 5.11 Å². The Labute approximate surface area is 119 Å². The summed E-state index contributed by atoms with van der Waals surface area (Å²) in [6.45, 7) is 4.07. The first-order chi connectivity index (χ1) is 9.32. The summed E-state index contributed by atoms with van der Waals surface area (Å²) in [4.78, 5) is 11.1. The van der Waals surface area contributed by atoms with Crippen LogP contribution in [0.1, 0.15) is 30.4 Å². The van der Waals surface area contributed by atoms with Gasteiger partial charge in [-0.05, 0) is 38.3 Å². The van der Waals surface area contributed by atoms with E-state index in [1.165, 1.54) is 4.31 Å². The first kappa shape index (κ1) is 15.0. The molecule has 0 saturated carbocycles. The van der Waals surface area contributed by atoms with Gasteiger partial charge in [-0.25, -0.2) is 8.42 Å². The summed E-state index contributed by atoms with van der Waals surface area (Å²) >= 11 is 0. The van der Waals surface area contributed by atoms with E-state index in [1.807, 2.05) is 13.0 Å². The average molecular weight is 297 g/mol. The first-order valence-corrected chi connectivity index (χ1v) is 8.07. The highest BCUT2D eigenvalue weighted by molar-refractivity contribution is 7.89. The smallest absolute Gasteiger partial charge is 0.304 e. The maximum atomic E-state index is 12.7. The predicted molar refractivity (Wildman–Crippen MR) is 75.1 cm³/mol. The number of rotatable bonds is 4. The molecule has 1 aliphatic heterocycles. The van der Waals surface area contributed by atoms with Crippen LogP contribution in [0.4, 0.5) is 0 Å². The molecule has 0 radical (unpaired) electrons. The molecule has 5 nitrogen and oxygen atoms in total. The van der Waals surface area contributed by atoms with Crippen molar-refractivity contribution in [3.63, 3.8) is 0 Å². The van der Waals surface area contributed by atoms with E-state index in [0.29, 0.717) is 24.9 Å². The molecular weight excluding hydrogens is 278 g/mol. The van der Waals surface area contributed by atoms with E-state index in [1.54, 1.807) is 19.1 Å². The van der Waals surface area contributed by atoms with Gasteiger partial charge in [-0.1, -0.05) is 17.7 Å². The van der Waals surface area contributed by atoms with Crippen LogP contribution >= 0.6 is 0 Å². The molecule has 0 aliphatic carbocycles. The third-order valence-corrected chi connectivity index (χ3v) is 5.76. The van der Waals surface area contributed by atoms with Gasteiger partial charge in [0.05, 0.1) is 11.3 Å². The van der Waals surface area contributed by atoms with Gasteiger partial charge in [0, 0.05) is 12.6 Å². The zero-order valence-electron chi connectivity index (χ0n) is 11.7. The van der Waals surface area contributed by atoms with E-state index in [9.17, 15) is 13.2 Å². The molecule has 0 bridgehead atoms. The van der Waals surface area contributed by atoms with Crippen molar-refractivity contribution in [2.45, 2.75) is 44.0 Å². The lowest BCUT2D eigenvalue weighted by molar-refractivity contribution is -0.137. The van der Waals surface area contributed by atoms with Gasteiger partial charge < -0.3 is 5.11 Å². The van der Waals surface area contributed by atoms with Crippen LogP contribution in [0.3, 0.4) is 0 Å². The number of hydrogen-bond donors (Lipinski definition) is 1. The zero-order chi connectivity index (χ0) is 14.9. The molecule has 1 unspecified atom stereocenters. The first-order valence-electron chi connectivity index (χ1n) is 6.63. The fourth-order valence-electron chi connectivity index (χ4n) is 2.75. The topological polar surface area (TPSA) is 74.7 Å². The second-order valence-corrected chi connectivity index (χ2v) is 7.14. The summed E-state index contributed by atoms with van der Waals surface area (Å²) in [5.41, 5.74) is 1.70. The van der Waals surface area contributed by atoms with Crippen LogP contribution in [-0.4, -0.2) is 36.4 Å². The molecule has 1 aliphatic rings. The van der Waals surface area contributed by atoms with E-state index < -0.39 is 22.0 Å². The van der Waals surface area contributed by atoms with E-state index >= 15 is 0 Å². The predicted octanol–water partition coefficient (Wildman–Crippen LogP) is 1.93. The highest BCUT2D eigenvalue weighted by Crippen LogP contribution is 2.29. The molecule has 20 heavy (non-hydrogen) atoms. The van der Waals surface area contributed by atoms with Crippen molar-refractivity contribution in [3.05, 3.63) is 29.3 Å². The Bertz CT molecular complexity index is 624. The maximum absolute atomic E-state index is 12.7. The van der Waals surface area contributed by atoms with Crippen LogP contribution in [0.2, 0.25) is 0 Å². The average Bonchev–Trinajstić information content (AvgIpc) is 2.76. The highest BCUT2D eigenvalue weighted by atomic mass is 32.2. The minimum absolute atomic E-state index is 0.135. The zero-order valence-corrected chi connectivity index (χ0v) is 12.5. The van der Waals surface area contributed by atoms with Crippen molar-refractivity contribution in [1.82, 2.24) is 4.31 Å². The minimum atomic E-state index is -3.61. The Kier molecular flexibility index (Phi) is 4.15. The van der Waals surface area contributed by atoms with Gasteiger partial charge in [-0.2, -0.15) is 4.31 Å². The monoisotopic (exact) mass is 297 g/mol. The van der Waals surface area contributed by atoms with Gasteiger partial charge >= 0.3 is 5.97 Å². The molecule has 6 heteroatoms. The number of aryl methyl sites for hydroxylation is 2. The number of carboxylic acids is 1. The van der Waals surface area contributed by atoms with Crippen LogP contribution in [0.5, 0.6) is 0 Å². The molecule has 1 N–H and O–H groups in total. The Morgan fingerprint density at radius 3 is 2.70 bits per heavy atom. The summed E-state index contributed by atoms with van der Waals surface area (Å²) in [6, 6.07) is 4.77. The third kappa shape index (κ3) is 2.86. The van der Waals surface area contributed by atoms with Gasteiger partial charge in [0.2, 0.25) is 10.0 Å². The number of hydrogen-bond acceptors (Lipinski definition) is 3. The lowest BCUT2D eigenvalue weighted by Gasteiger charge is -2.23. The number of benzene rings is 1. The van der Waals surface area contributed by atoms with Crippen molar-refractivity contribution >= 4 is 16.0 Å². The Hall–Kier alpha value is -1.40. The molecule has 110 valence electrons. The van der Waals surface area contributed by atoms with Crippen molar-refractivity contribution in [1.29, 1.82) is 0 Å². The number of aliphatic carboxylic acids is 1. The van der Waals surface area contributed by atoms with E-state index in [2.05, 4.69) is 0 Å². The number of carbonyl (C=O) groups is 1. The number of nitrogens with zero attached hydrogens (tertiary/aromatic N) is 1. The molecule has 2 rings (SSSR count). The summed E-state index contributed by atoms with van der Waals surface area (Å²) in [7, 11) is -3.61. The molecule has 0 amide bonds. The lowest BCUT2D eigenvalue weighted by atomic mass is 10.2.